The number of thioether (sulfide) groups is 1. The van der Waals surface area contributed by atoms with Crippen molar-refractivity contribution in [3.8, 4) is 0 Å². The largest absolute Gasteiger partial charge is 0.343 e. The molecule has 2 heterocycles. The second-order valence-corrected chi connectivity index (χ2v) is 5.96. The van der Waals surface area contributed by atoms with Gasteiger partial charge in [-0.2, -0.15) is 11.8 Å². The fraction of sp³-hybridized carbons (Fsp3) is 0.833. The third-order valence-electron chi connectivity index (χ3n) is 3.66. The molecule has 4 nitrogen and oxygen atoms in total. The van der Waals surface area contributed by atoms with Crippen molar-refractivity contribution in [1.82, 2.24) is 10.2 Å². The Balaban J connectivity index is 2.15. The van der Waals surface area contributed by atoms with Crippen LogP contribution in [0.15, 0.2) is 0 Å². The molecule has 2 saturated heterocycles. The number of nitrogens with one attached hydrogen (secondary N) is 1. The van der Waals surface area contributed by atoms with Gasteiger partial charge in [0.15, 0.2) is 0 Å². The molecule has 0 radical (unpaired) electrons. The zero-order valence-corrected chi connectivity index (χ0v) is 11.3. The summed E-state index contributed by atoms with van der Waals surface area (Å²) in [6.07, 6.45) is 2.71. The Morgan fingerprint density at radius 3 is 2.59 bits per heavy atom. The van der Waals surface area contributed by atoms with Crippen LogP contribution in [0.4, 0.5) is 0 Å². The van der Waals surface area contributed by atoms with Crippen LogP contribution in [-0.4, -0.2) is 46.3 Å². The third kappa shape index (κ3) is 2.44. The van der Waals surface area contributed by atoms with Gasteiger partial charge in [0.1, 0.15) is 12.1 Å². The van der Waals surface area contributed by atoms with E-state index in [1.54, 1.807) is 0 Å². The number of rotatable bonds is 2. The lowest BCUT2D eigenvalue weighted by Crippen LogP contribution is -2.65. The highest BCUT2D eigenvalue weighted by atomic mass is 32.2. The van der Waals surface area contributed by atoms with Crippen molar-refractivity contribution in [2.45, 2.75) is 51.2 Å². The molecule has 1 N–H and O–H groups in total. The van der Waals surface area contributed by atoms with E-state index in [9.17, 15) is 9.59 Å². The summed E-state index contributed by atoms with van der Waals surface area (Å²) in [7, 11) is 0. The lowest BCUT2D eigenvalue weighted by atomic mass is 10.0. The molecule has 0 aromatic heterocycles. The first kappa shape index (κ1) is 12.7. The number of amides is 2. The number of nitrogens with zero attached hydrogens (tertiary/aromatic N) is 1. The lowest BCUT2D eigenvalue weighted by Gasteiger charge is -2.43. The van der Waals surface area contributed by atoms with Crippen LogP contribution in [0.5, 0.6) is 0 Å². The second-order valence-electron chi connectivity index (χ2n) is 4.73. The molecule has 2 rings (SSSR count). The molecule has 0 aliphatic carbocycles. The van der Waals surface area contributed by atoms with Crippen molar-refractivity contribution in [3.63, 3.8) is 0 Å². The van der Waals surface area contributed by atoms with Crippen LogP contribution in [0.1, 0.15) is 33.1 Å². The first-order chi connectivity index (χ1) is 8.15. The predicted octanol–water partition coefficient (Wildman–Crippen LogP) is 1.01. The van der Waals surface area contributed by atoms with Crippen molar-refractivity contribution in [3.05, 3.63) is 0 Å². The van der Waals surface area contributed by atoms with Crippen LogP contribution in [0.25, 0.3) is 0 Å². The molecule has 5 heteroatoms. The van der Waals surface area contributed by atoms with Crippen LogP contribution in [0, 0.1) is 0 Å². The van der Waals surface area contributed by atoms with Crippen LogP contribution in [-0.2, 0) is 9.59 Å². The summed E-state index contributed by atoms with van der Waals surface area (Å²) in [6, 6.07) is -0.356. The fourth-order valence-corrected chi connectivity index (χ4v) is 3.67. The zero-order valence-electron chi connectivity index (χ0n) is 10.4. The Bertz CT molecular complexity index is 316. The smallest absolute Gasteiger partial charge is 0.246 e. The molecule has 2 aliphatic heterocycles. The summed E-state index contributed by atoms with van der Waals surface area (Å²) in [5, 5.41) is 2.80. The number of hydrogen-bond donors (Lipinski definition) is 1. The van der Waals surface area contributed by atoms with Gasteiger partial charge in [-0.3, -0.25) is 9.59 Å². The number of hydrogen-bond acceptors (Lipinski definition) is 3. The van der Waals surface area contributed by atoms with E-state index < -0.39 is 0 Å². The Morgan fingerprint density at radius 1 is 1.35 bits per heavy atom. The van der Waals surface area contributed by atoms with Gasteiger partial charge in [0.05, 0.1) is 0 Å². The van der Waals surface area contributed by atoms with Gasteiger partial charge in [-0.25, -0.2) is 0 Å². The molecular formula is C12H20N2O2S. The van der Waals surface area contributed by atoms with Gasteiger partial charge in [-0.1, -0.05) is 6.92 Å². The fourth-order valence-electron chi connectivity index (χ4n) is 2.59. The first-order valence-electron chi connectivity index (χ1n) is 6.35. The van der Waals surface area contributed by atoms with E-state index in [0.29, 0.717) is 6.42 Å². The minimum atomic E-state index is -0.312. The Labute approximate surface area is 106 Å². The molecule has 0 aromatic carbocycles. The lowest BCUT2D eigenvalue weighted by molar-refractivity contribution is -0.151. The van der Waals surface area contributed by atoms with Crippen molar-refractivity contribution in [2.24, 2.45) is 0 Å². The quantitative estimate of drug-likeness (QED) is 0.802. The number of carbonyl (C=O) groups is 2. The molecule has 0 bridgehead atoms. The van der Waals surface area contributed by atoms with E-state index in [1.807, 2.05) is 30.5 Å². The molecule has 0 spiro atoms. The maximum absolute atomic E-state index is 12.3. The molecule has 2 amide bonds. The van der Waals surface area contributed by atoms with Gasteiger partial charge >= 0.3 is 0 Å². The van der Waals surface area contributed by atoms with E-state index in [4.69, 9.17) is 0 Å². The molecule has 2 atom stereocenters. The Hall–Kier alpha value is -0.710. The molecule has 0 aromatic rings. The highest BCUT2D eigenvalue weighted by Crippen LogP contribution is 2.26. The third-order valence-corrected chi connectivity index (χ3v) is 4.71. The maximum atomic E-state index is 12.3. The van der Waals surface area contributed by atoms with Crippen LogP contribution < -0.4 is 5.32 Å². The summed E-state index contributed by atoms with van der Waals surface area (Å²) < 4.78 is 0. The molecule has 96 valence electrons. The van der Waals surface area contributed by atoms with E-state index in [2.05, 4.69) is 5.32 Å². The number of piperazine rings is 1. The van der Waals surface area contributed by atoms with E-state index in [-0.39, 0.29) is 29.9 Å². The molecule has 2 fully saturated rings. The average Bonchev–Trinajstić information content (AvgIpc) is 2.35. The first-order valence-corrected chi connectivity index (χ1v) is 7.51. The van der Waals surface area contributed by atoms with E-state index in [1.165, 1.54) is 0 Å². The van der Waals surface area contributed by atoms with Gasteiger partial charge in [0.2, 0.25) is 11.8 Å². The molecule has 17 heavy (non-hydrogen) atoms. The number of carbonyl (C=O) groups excluding carboxylic acids is 2. The topological polar surface area (TPSA) is 49.4 Å². The van der Waals surface area contributed by atoms with Crippen LogP contribution in [0.2, 0.25) is 0 Å². The molecule has 2 unspecified atom stereocenters. The monoisotopic (exact) mass is 256 g/mol. The summed E-state index contributed by atoms with van der Waals surface area (Å²) >= 11 is 1.93. The van der Waals surface area contributed by atoms with Crippen LogP contribution in [0.3, 0.4) is 0 Å². The highest BCUT2D eigenvalue weighted by Gasteiger charge is 2.40. The standard InChI is InChI=1S/C12H20N2O2S/c1-3-10-12(16)14(8(2)11(15)13-10)9-4-6-17-7-5-9/h8-10H,3-7H2,1-2H3,(H,13,15). The van der Waals surface area contributed by atoms with Crippen molar-refractivity contribution in [2.75, 3.05) is 11.5 Å². The molecule has 2 aliphatic rings. The van der Waals surface area contributed by atoms with Crippen molar-refractivity contribution < 1.29 is 9.59 Å². The van der Waals surface area contributed by atoms with E-state index in [0.717, 1.165) is 24.3 Å². The molecule has 0 saturated carbocycles. The highest BCUT2D eigenvalue weighted by molar-refractivity contribution is 7.99. The van der Waals surface area contributed by atoms with Gasteiger partial charge < -0.3 is 10.2 Å². The minimum Gasteiger partial charge on any atom is -0.343 e. The minimum absolute atomic E-state index is 0.00493. The summed E-state index contributed by atoms with van der Waals surface area (Å²) in [6.45, 7) is 3.77. The summed E-state index contributed by atoms with van der Waals surface area (Å²) in [5.74, 6) is 2.30. The van der Waals surface area contributed by atoms with Gasteiger partial charge in [0.25, 0.3) is 0 Å². The maximum Gasteiger partial charge on any atom is 0.246 e. The van der Waals surface area contributed by atoms with Gasteiger partial charge in [-0.15, -0.1) is 0 Å². The second kappa shape index (κ2) is 5.29. The normalized spacial score (nSPS) is 31.5. The van der Waals surface area contributed by atoms with Gasteiger partial charge in [-0.05, 0) is 37.7 Å². The molecular weight excluding hydrogens is 236 g/mol. The zero-order chi connectivity index (χ0) is 12.4. The average molecular weight is 256 g/mol. The summed E-state index contributed by atoms with van der Waals surface area (Å²) in [4.78, 5) is 26.0. The SMILES string of the molecule is CCC1NC(=O)C(C)N(C2CCSCC2)C1=O. The van der Waals surface area contributed by atoms with Gasteiger partial charge in [0, 0.05) is 6.04 Å². The Kier molecular flexibility index (Phi) is 3.97. The van der Waals surface area contributed by atoms with Crippen LogP contribution >= 0.6 is 11.8 Å². The van der Waals surface area contributed by atoms with Crippen molar-refractivity contribution in [1.29, 1.82) is 0 Å². The predicted molar refractivity (Wildman–Crippen MR) is 68.9 cm³/mol. The van der Waals surface area contributed by atoms with Crippen molar-refractivity contribution >= 4 is 23.6 Å². The summed E-state index contributed by atoms with van der Waals surface area (Å²) in [5.41, 5.74) is 0. The Morgan fingerprint density at radius 2 is 2.00 bits per heavy atom. The van der Waals surface area contributed by atoms with E-state index >= 15 is 0 Å².